The Morgan fingerprint density at radius 2 is 1.67 bits per heavy atom. The standard InChI is InChI=1S/C17H25ClN2S/c1-14(2)15-3-5-16(6-4-15)17(21)13-20-11-9-19(8-7-18)10-12-20/h3-6,14H,7-13H2,1-2H3. The number of thiocarbonyl (C=S) groups is 1. The highest BCUT2D eigenvalue weighted by Gasteiger charge is 2.17. The number of alkyl halides is 1. The van der Waals surface area contributed by atoms with Gasteiger partial charge in [-0.3, -0.25) is 9.80 Å². The first kappa shape index (κ1) is 16.9. The molecule has 0 radical (unpaired) electrons. The van der Waals surface area contributed by atoms with Gasteiger partial charge < -0.3 is 0 Å². The van der Waals surface area contributed by atoms with Gasteiger partial charge in [0.25, 0.3) is 0 Å². The molecule has 0 atom stereocenters. The van der Waals surface area contributed by atoms with Crippen LogP contribution in [0.2, 0.25) is 0 Å². The minimum atomic E-state index is 0.572. The van der Waals surface area contributed by atoms with E-state index >= 15 is 0 Å². The van der Waals surface area contributed by atoms with Crippen LogP contribution in [0.25, 0.3) is 0 Å². The van der Waals surface area contributed by atoms with Crippen molar-refractivity contribution in [3.05, 3.63) is 35.4 Å². The zero-order valence-corrected chi connectivity index (χ0v) is 14.6. The van der Waals surface area contributed by atoms with Crippen LogP contribution in [0.5, 0.6) is 0 Å². The lowest BCUT2D eigenvalue weighted by Gasteiger charge is -2.34. The van der Waals surface area contributed by atoms with E-state index in [4.69, 9.17) is 23.8 Å². The fourth-order valence-corrected chi connectivity index (χ4v) is 3.20. The summed E-state index contributed by atoms with van der Waals surface area (Å²) in [5, 5.41) is 0. The van der Waals surface area contributed by atoms with Crippen molar-refractivity contribution < 1.29 is 0 Å². The van der Waals surface area contributed by atoms with Crippen molar-refractivity contribution in [2.75, 3.05) is 45.1 Å². The maximum atomic E-state index is 5.79. The molecule has 1 aromatic rings. The minimum Gasteiger partial charge on any atom is -0.300 e. The molecule has 0 N–H and O–H groups in total. The van der Waals surface area contributed by atoms with Gasteiger partial charge in [0.15, 0.2) is 0 Å². The molecule has 21 heavy (non-hydrogen) atoms. The zero-order valence-electron chi connectivity index (χ0n) is 13.0. The smallest absolute Gasteiger partial charge is 0.0365 e. The van der Waals surface area contributed by atoms with E-state index in [1.807, 2.05) is 0 Å². The lowest BCUT2D eigenvalue weighted by Crippen LogP contribution is -2.48. The first-order chi connectivity index (χ1) is 10.1. The van der Waals surface area contributed by atoms with Gasteiger partial charge in [0, 0.05) is 50.0 Å². The molecule has 0 unspecified atom stereocenters. The molecule has 0 saturated carbocycles. The third-order valence-electron chi connectivity index (χ3n) is 4.13. The third kappa shape index (κ3) is 5.03. The van der Waals surface area contributed by atoms with Crippen molar-refractivity contribution in [3.8, 4) is 0 Å². The van der Waals surface area contributed by atoms with Crippen LogP contribution in [0.1, 0.15) is 30.9 Å². The van der Waals surface area contributed by atoms with Crippen molar-refractivity contribution in [2.45, 2.75) is 19.8 Å². The fraction of sp³-hybridized carbons (Fsp3) is 0.588. The number of nitrogens with zero attached hydrogens (tertiary/aromatic N) is 2. The van der Waals surface area contributed by atoms with Gasteiger partial charge in [0.1, 0.15) is 0 Å². The number of halogens is 1. The van der Waals surface area contributed by atoms with E-state index in [2.05, 4.69) is 47.9 Å². The Hall–Kier alpha value is -0.480. The summed E-state index contributed by atoms with van der Waals surface area (Å²) in [4.78, 5) is 5.92. The largest absolute Gasteiger partial charge is 0.300 e. The Balaban J connectivity index is 1.84. The number of benzene rings is 1. The van der Waals surface area contributed by atoms with E-state index in [9.17, 15) is 0 Å². The van der Waals surface area contributed by atoms with Gasteiger partial charge in [-0.25, -0.2) is 0 Å². The van der Waals surface area contributed by atoms with Crippen molar-refractivity contribution in [1.82, 2.24) is 9.80 Å². The number of rotatable bonds is 6. The van der Waals surface area contributed by atoms with Crippen molar-refractivity contribution in [3.63, 3.8) is 0 Å². The Bertz CT molecular complexity index is 450. The molecule has 2 rings (SSSR count). The maximum Gasteiger partial charge on any atom is 0.0365 e. The van der Waals surface area contributed by atoms with Gasteiger partial charge in [-0.15, -0.1) is 11.6 Å². The van der Waals surface area contributed by atoms with E-state index in [1.165, 1.54) is 11.1 Å². The number of hydrogen-bond acceptors (Lipinski definition) is 3. The molecule has 1 aliphatic rings. The van der Waals surface area contributed by atoms with Gasteiger partial charge >= 0.3 is 0 Å². The second-order valence-electron chi connectivity index (χ2n) is 6.01. The van der Waals surface area contributed by atoms with E-state index in [-0.39, 0.29) is 0 Å². The zero-order chi connectivity index (χ0) is 15.2. The van der Waals surface area contributed by atoms with E-state index < -0.39 is 0 Å². The lowest BCUT2D eigenvalue weighted by molar-refractivity contribution is 0.152. The summed E-state index contributed by atoms with van der Waals surface area (Å²) in [6, 6.07) is 8.73. The lowest BCUT2D eigenvalue weighted by atomic mass is 10.0. The Kier molecular flexibility index (Phi) is 6.62. The van der Waals surface area contributed by atoms with Gasteiger partial charge in [0.05, 0.1) is 0 Å². The summed E-state index contributed by atoms with van der Waals surface area (Å²) >= 11 is 11.4. The molecular weight excluding hydrogens is 300 g/mol. The molecular formula is C17H25ClN2S. The highest BCUT2D eigenvalue weighted by Crippen LogP contribution is 2.15. The van der Waals surface area contributed by atoms with Crippen LogP contribution in [0, 0.1) is 0 Å². The molecule has 1 fully saturated rings. The predicted octanol–water partition coefficient (Wildman–Crippen LogP) is 3.38. The molecule has 2 nitrogen and oxygen atoms in total. The quantitative estimate of drug-likeness (QED) is 0.450. The molecule has 1 aliphatic heterocycles. The molecule has 0 bridgehead atoms. The first-order valence-corrected chi connectivity index (χ1v) is 8.68. The van der Waals surface area contributed by atoms with E-state index in [0.717, 1.165) is 50.0 Å². The third-order valence-corrected chi connectivity index (χ3v) is 4.67. The van der Waals surface area contributed by atoms with Crippen molar-refractivity contribution in [1.29, 1.82) is 0 Å². The van der Waals surface area contributed by atoms with Crippen LogP contribution in [-0.2, 0) is 0 Å². The van der Waals surface area contributed by atoms with Crippen LogP contribution < -0.4 is 0 Å². The summed E-state index contributed by atoms with van der Waals surface area (Å²) in [6.07, 6.45) is 0. The molecule has 0 amide bonds. The van der Waals surface area contributed by atoms with Crippen molar-refractivity contribution >= 4 is 28.7 Å². The normalized spacial score (nSPS) is 17.3. The first-order valence-electron chi connectivity index (χ1n) is 7.74. The summed E-state index contributed by atoms with van der Waals surface area (Å²) in [7, 11) is 0. The van der Waals surface area contributed by atoms with Crippen molar-refractivity contribution in [2.24, 2.45) is 0 Å². The van der Waals surface area contributed by atoms with Gasteiger partial charge in [-0.2, -0.15) is 0 Å². The topological polar surface area (TPSA) is 6.48 Å². The van der Waals surface area contributed by atoms with Crippen LogP contribution in [0.3, 0.4) is 0 Å². The monoisotopic (exact) mass is 324 g/mol. The second-order valence-corrected chi connectivity index (χ2v) is 6.88. The molecule has 4 heteroatoms. The van der Waals surface area contributed by atoms with E-state index in [1.54, 1.807) is 0 Å². The SMILES string of the molecule is CC(C)c1ccc(C(=S)CN2CCN(CCCl)CC2)cc1. The molecule has 1 aromatic carbocycles. The molecule has 0 aliphatic carbocycles. The Labute approximate surface area is 139 Å². The summed E-state index contributed by atoms with van der Waals surface area (Å²) in [6.45, 7) is 10.7. The molecule has 0 spiro atoms. The number of hydrogen-bond donors (Lipinski definition) is 0. The molecule has 0 aromatic heterocycles. The highest BCUT2D eigenvalue weighted by atomic mass is 35.5. The summed E-state index contributed by atoms with van der Waals surface area (Å²) < 4.78 is 0. The minimum absolute atomic E-state index is 0.572. The maximum absolute atomic E-state index is 5.79. The fourth-order valence-electron chi connectivity index (χ4n) is 2.64. The van der Waals surface area contributed by atoms with Gasteiger partial charge in [-0.05, 0) is 17.0 Å². The van der Waals surface area contributed by atoms with Crippen LogP contribution in [0.4, 0.5) is 0 Å². The predicted molar refractivity (Wildman–Crippen MR) is 95.8 cm³/mol. The van der Waals surface area contributed by atoms with Crippen LogP contribution in [0.15, 0.2) is 24.3 Å². The van der Waals surface area contributed by atoms with Crippen LogP contribution >= 0.6 is 23.8 Å². The van der Waals surface area contributed by atoms with Gasteiger partial charge in [0.2, 0.25) is 0 Å². The number of piperazine rings is 1. The van der Waals surface area contributed by atoms with Crippen LogP contribution in [-0.4, -0.2) is 59.8 Å². The molecule has 1 heterocycles. The van der Waals surface area contributed by atoms with Gasteiger partial charge in [-0.1, -0.05) is 50.3 Å². The summed E-state index contributed by atoms with van der Waals surface area (Å²) in [5.74, 6) is 1.29. The Morgan fingerprint density at radius 1 is 1.10 bits per heavy atom. The molecule has 1 saturated heterocycles. The highest BCUT2D eigenvalue weighted by molar-refractivity contribution is 7.80. The molecule has 116 valence electrons. The average Bonchev–Trinajstić information content (AvgIpc) is 2.49. The Morgan fingerprint density at radius 3 is 2.19 bits per heavy atom. The van der Waals surface area contributed by atoms with E-state index in [0.29, 0.717) is 5.92 Å². The summed E-state index contributed by atoms with van der Waals surface area (Å²) in [5.41, 5.74) is 2.56. The average molecular weight is 325 g/mol. The second kappa shape index (κ2) is 8.23.